The van der Waals surface area contributed by atoms with Crippen LogP contribution in [-0.4, -0.2) is 80.2 Å². The number of nitrogens with one attached hydrogen (secondary N) is 1. The minimum absolute atomic E-state index is 1.12. The zero-order valence-electron chi connectivity index (χ0n) is 11.4. The first-order valence-corrected chi connectivity index (χ1v) is 8.10. The van der Waals surface area contributed by atoms with Crippen LogP contribution in [0.4, 0.5) is 5.13 Å². The van der Waals surface area contributed by atoms with Crippen molar-refractivity contribution < 1.29 is 0 Å². The van der Waals surface area contributed by atoms with Gasteiger partial charge in [-0.15, -0.1) is 11.3 Å². The number of thiazole rings is 1. The lowest BCUT2D eigenvalue weighted by Gasteiger charge is -2.36. The number of anilines is 1. The summed E-state index contributed by atoms with van der Waals surface area (Å²) in [5.74, 6) is 0. The van der Waals surface area contributed by atoms with Crippen LogP contribution < -0.4 is 10.2 Å². The van der Waals surface area contributed by atoms with Crippen molar-refractivity contribution in [1.82, 2.24) is 20.1 Å². The van der Waals surface area contributed by atoms with Gasteiger partial charge in [0.05, 0.1) is 0 Å². The molecule has 1 aromatic rings. The summed E-state index contributed by atoms with van der Waals surface area (Å²) < 4.78 is 0. The molecular weight excluding hydrogens is 258 g/mol. The van der Waals surface area contributed by atoms with Gasteiger partial charge >= 0.3 is 0 Å². The molecule has 0 saturated carbocycles. The number of hydrogen-bond acceptors (Lipinski definition) is 6. The Bertz CT molecular complexity index is 355. The van der Waals surface area contributed by atoms with E-state index < -0.39 is 0 Å². The van der Waals surface area contributed by atoms with Gasteiger partial charge in [0.2, 0.25) is 0 Å². The first kappa shape index (κ1) is 13.3. The van der Waals surface area contributed by atoms with Gasteiger partial charge < -0.3 is 10.2 Å². The van der Waals surface area contributed by atoms with Gasteiger partial charge in [0, 0.05) is 77.0 Å². The number of nitrogens with zero attached hydrogens (tertiary/aromatic N) is 4. The lowest BCUT2D eigenvalue weighted by atomic mass is 10.3. The smallest absolute Gasteiger partial charge is 0.185 e. The molecule has 3 heterocycles. The third kappa shape index (κ3) is 3.66. The van der Waals surface area contributed by atoms with Gasteiger partial charge in [-0.25, -0.2) is 4.98 Å². The molecule has 3 rings (SSSR count). The van der Waals surface area contributed by atoms with Gasteiger partial charge in [-0.2, -0.15) is 0 Å². The van der Waals surface area contributed by atoms with Crippen molar-refractivity contribution >= 4 is 16.5 Å². The first-order valence-electron chi connectivity index (χ1n) is 7.22. The highest BCUT2D eigenvalue weighted by molar-refractivity contribution is 7.13. The average molecular weight is 281 g/mol. The van der Waals surface area contributed by atoms with E-state index in [1.54, 1.807) is 11.3 Å². The minimum Gasteiger partial charge on any atom is -0.346 e. The second-order valence-corrected chi connectivity index (χ2v) is 6.11. The third-order valence-electron chi connectivity index (χ3n) is 4.00. The summed E-state index contributed by atoms with van der Waals surface area (Å²) in [6, 6.07) is 0. The molecule has 0 spiro atoms. The van der Waals surface area contributed by atoms with Gasteiger partial charge in [0.25, 0.3) is 0 Å². The third-order valence-corrected chi connectivity index (χ3v) is 4.84. The van der Waals surface area contributed by atoms with Gasteiger partial charge in [-0.05, 0) is 0 Å². The van der Waals surface area contributed by atoms with E-state index >= 15 is 0 Å². The second-order valence-electron chi connectivity index (χ2n) is 5.24. The summed E-state index contributed by atoms with van der Waals surface area (Å²) in [5.41, 5.74) is 0. The fraction of sp³-hybridized carbons (Fsp3) is 0.769. The zero-order chi connectivity index (χ0) is 12.9. The molecule has 2 aliphatic heterocycles. The Hall–Kier alpha value is -0.690. The predicted molar refractivity (Wildman–Crippen MR) is 80.1 cm³/mol. The number of rotatable bonds is 4. The Morgan fingerprint density at radius 2 is 1.68 bits per heavy atom. The highest BCUT2D eigenvalue weighted by Crippen LogP contribution is 2.18. The first-order chi connectivity index (χ1) is 9.42. The van der Waals surface area contributed by atoms with E-state index in [0.29, 0.717) is 0 Å². The molecule has 0 aromatic carbocycles. The van der Waals surface area contributed by atoms with E-state index in [2.05, 4.69) is 30.4 Å². The number of piperazine rings is 2. The van der Waals surface area contributed by atoms with Crippen molar-refractivity contribution in [1.29, 1.82) is 0 Å². The minimum atomic E-state index is 1.12. The van der Waals surface area contributed by atoms with Crippen LogP contribution in [0.3, 0.4) is 0 Å². The van der Waals surface area contributed by atoms with Crippen molar-refractivity contribution in [3.63, 3.8) is 0 Å². The van der Waals surface area contributed by atoms with Crippen LogP contribution in [0.2, 0.25) is 0 Å². The Kier molecular flexibility index (Phi) is 4.66. The Morgan fingerprint density at radius 3 is 2.32 bits per heavy atom. The fourth-order valence-corrected chi connectivity index (χ4v) is 3.45. The molecule has 0 radical (unpaired) electrons. The van der Waals surface area contributed by atoms with Crippen LogP contribution in [0.25, 0.3) is 0 Å². The van der Waals surface area contributed by atoms with Crippen molar-refractivity contribution in [3.05, 3.63) is 11.6 Å². The number of hydrogen-bond donors (Lipinski definition) is 1. The summed E-state index contributed by atoms with van der Waals surface area (Å²) in [7, 11) is 0. The van der Waals surface area contributed by atoms with Crippen molar-refractivity contribution in [2.75, 3.05) is 70.3 Å². The second kappa shape index (κ2) is 6.65. The number of aromatic nitrogens is 1. The molecule has 6 heteroatoms. The Labute approximate surface area is 119 Å². The molecule has 106 valence electrons. The molecule has 0 amide bonds. The maximum atomic E-state index is 4.40. The molecule has 1 aromatic heterocycles. The maximum absolute atomic E-state index is 4.40. The molecule has 0 bridgehead atoms. The SMILES string of the molecule is c1csc(N2CCN(CCN3CCNCC3)CC2)n1. The van der Waals surface area contributed by atoms with Gasteiger partial charge in [-0.3, -0.25) is 9.80 Å². The van der Waals surface area contributed by atoms with Crippen molar-refractivity contribution in [2.24, 2.45) is 0 Å². The quantitative estimate of drug-likeness (QED) is 0.851. The lowest BCUT2D eigenvalue weighted by Crippen LogP contribution is -2.50. The van der Waals surface area contributed by atoms with E-state index in [0.717, 1.165) is 26.2 Å². The largest absolute Gasteiger partial charge is 0.346 e. The average Bonchev–Trinajstić information content (AvgIpc) is 3.01. The van der Waals surface area contributed by atoms with E-state index in [1.165, 1.54) is 44.4 Å². The van der Waals surface area contributed by atoms with Crippen LogP contribution >= 0.6 is 11.3 Å². The summed E-state index contributed by atoms with van der Waals surface area (Å²) >= 11 is 1.75. The topological polar surface area (TPSA) is 34.6 Å². The van der Waals surface area contributed by atoms with E-state index in [4.69, 9.17) is 0 Å². The van der Waals surface area contributed by atoms with E-state index in [9.17, 15) is 0 Å². The molecule has 0 atom stereocenters. The van der Waals surface area contributed by atoms with Crippen molar-refractivity contribution in [3.8, 4) is 0 Å². The molecule has 0 unspecified atom stereocenters. The molecule has 2 saturated heterocycles. The molecule has 2 aliphatic rings. The van der Waals surface area contributed by atoms with Crippen LogP contribution in [0.15, 0.2) is 11.6 Å². The van der Waals surface area contributed by atoms with Gasteiger partial charge in [0.1, 0.15) is 0 Å². The summed E-state index contributed by atoms with van der Waals surface area (Å²) in [5, 5.41) is 6.65. The predicted octanol–water partition coefficient (Wildman–Crippen LogP) is 0.170. The van der Waals surface area contributed by atoms with Crippen molar-refractivity contribution in [2.45, 2.75) is 0 Å². The van der Waals surface area contributed by atoms with Crippen LogP contribution in [0.5, 0.6) is 0 Å². The molecular formula is C13H23N5S. The maximum Gasteiger partial charge on any atom is 0.185 e. The summed E-state index contributed by atoms with van der Waals surface area (Å²) in [6.45, 7) is 11.7. The monoisotopic (exact) mass is 281 g/mol. The normalized spacial score (nSPS) is 22.8. The molecule has 5 nitrogen and oxygen atoms in total. The lowest BCUT2D eigenvalue weighted by molar-refractivity contribution is 0.183. The summed E-state index contributed by atoms with van der Waals surface area (Å²) in [4.78, 5) is 12.0. The van der Waals surface area contributed by atoms with Crippen LogP contribution in [-0.2, 0) is 0 Å². The van der Waals surface area contributed by atoms with Gasteiger partial charge in [-0.1, -0.05) is 0 Å². The summed E-state index contributed by atoms with van der Waals surface area (Å²) in [6.07, 6.45) is 1.90. The Balaban J connectivity index is 1.38. The molecule has 0 aliphatic carbocycles. The van der Waals surface area contributed by atoms with E-state index in [1.807, 2.05) is 6.20 Å². The van der Waals surface area contributed by atoms with Crippen LogP contribution in [0.1, 0.15) is 0 Å². The Morgan fingerprint density at radius 1 is 1.00 bits per heavy atom. The fourth-order valence-electron chi connectivity index (χ4n) is 2.75. The molecule has 2 fully saturated rings. The molecule has 19 heavy (non-hydrogen) atoms. The van der Waals surface area contributed by atoms with E-state index in [-0.39, 0.29) is 0 Å². The van der Waals surface area contributed by atoms with Gasteiger partial charge in [0.15, 0.2) is 5.13 Å². The highest BCUT2D eigenvalue weighted by atomic mass is 32.1. The van der Waals surface area contributed by atoms with Crippen LogP contribution in [0, 0.1) is 0 Å². The zero-order valence-corrected chi connectivity index (χ0v) is 12.2. The standard InChI is InChI=1S/C13H23N5S/c1-4-16(5-2-14-1)6-7-17-8-10-18(11-9-17)13-15-3-12-19-13/h3,12,14H,1-2,4-11H2. The highest BCUT2D eigenvalue weighted by Gasteiger charge is 2.19. The molecule has 1 N–H and O–H groups in total.